The van der Waals surface area contributed by atoms with Gasteiger partial charge in [0.2, 0.25) is 17.2 Å². The fourth-order valence-electron chi connectivity index (χ4n) is 1.52. The van der Waals surface area contributed by atoms with E-state index in [1.807, 2.05) is 24.9 Å². The Hall–Kier alpha value is -1.82. The molecular formula is C11H14ClN5O. The van der Waals surface area contributed by atoms with Gasteiger partial charge in [-0.1, -0.05) is 0 Å². The minimum atomic E-state index is 0.167. The number of anilines is 2. The first kappa shape index (κ1) is 12.6. The third kappa shape index (κ3) is 2.70. The van der Waals surface area contributed by atoms with E-state index in [1.54, 1.807) is 13.3 Å². The highest BCUT2D eigenvalue weighted by Gasteiger charge is 2.11. The molecule has 7 heteroatoms. The average molecular weight is 268 g/mol. The molecule has 0 spiro atoms. The first-order valence-electron chi connectivity index (χ1n) is 5.43. The van der Waals surface area contributed by atoms with Crippen LogP contribution in [0.4, 0.5) is 11.9 Å². The molecule has 0 unspecified atom stereocenters. The standard InChI is InChI=1S/C11H14ClN5O/c1-7-8(4-5-18-7)6-17(3)11-15-9(12)14-10(13-2)16-11/h4-5H,6H2,1-3H3,(H,13,14,15,16). The van der Waals surface area contributed by atoms with Gasteiger partial charge in [-0.3, -0.25) is 0 Å². The summed E-state index contributed by atoms with van der Waals surface area (Å²) in [6.07, 6.45) is 1.66. The molecule has 2 aromatic heterocycles. The number of nitrogens with zero attached hydrogens (tertiary/aromatic N) is 4. The molecule has 0 fully saturated rings. The maximum absolute atomic E-state index is 5.84. The number of halogens is 1. The zero-order valence-electron chi connectivity index (χ0n) is 10.4. The smallest absolute Gasteiger partial charge is 0.231 e. The molecule has 2 aromatic rings. The van der Waals surface area contributed by atoms with Gasteiger partial charge in [-0.2, -0.15) is 15.0 Å². The van der Waals surface area contributed by atoms with Crippen molar-refractivity contribution in [1.82, 2.24) is 15.0 Å². The van der Waals surface area contributed by atoms with Crippen LogP contribution in [0.25, 0.3) is 0 Å². The molecule has 96 valence electrons. The molecule has 0 amide bonds. The average Bonchev–Trinajstić information content (AvgIpc) is 2.74. The molecule has 0 atom stereocenters. The monoisotopic (exact) mass is 267 g/mol. The van der Waals surface area contributed by atoms with E-state index >= 15 is 0 Å². The quantitative estimate of drug-likeness (QED) is 0.915. The number of aryl methyl sites for hydroxylation is 1. The van der Waals surface area contributed by atoms with E-state index in [2.05, 4.69) is 20.3 Å². The van der Waals surface area contributed by atoms with E-state index < -0.39 is 0 Å². The molecule has 18 heavy (non-hydrogen) atoms. The molecule has 2 rings (SSSR count). The lowest BCUT2D eigenvalue weighted by molar-refractivity contribution is 0.529. The van der Waals surface area contributed by atoms with Crippen molar-refractivity contribution in [3.63, 3.8) is 0 Å². The molecule has 0 saturated carbocycles. The lowest BCUT2D eigenvalue weighted by atomic mass is 10.2. The van der Waals surface area contributed by atoms with Gasteiger partial charge in [0, 0.05) is 26.2 Å². The number of hydrogen-bond acceptors (Lipinski definition) is 6. The van der Waals surface area contributed by atoms with Crippen LogP contribution in [-0.2, 0) is 6.54 Å². The second-order valence-corrected chi connectivity index (χ2v) is 4.17. The predicted molar refractivity (Wildman–Crippen MR) is 69.9 cm³/mol. The summed E-state index contributed by atoms with van der Waals surface area (Å²) < 4.78 is 5.25. The summed E-state index contributed by atoms with van der Waals surface area (Å²) in [6, 6.07) is 1.92. The zero-order chi connectivity index (χ0) is 13.1. The molecular weight excluding hydrogens is 254 g/mol. The molecule has 0 aliphatic carbocycles. The van der Waals surface area contributed by atoms with Gasteiger partial charge in [0.25, 0.3) is 0 Å². The number of hydrogen-bond donors (Lipinski definition) is 1. The zero-order valence-corrected chi connectivity index (χ0v) is 11.2. The molecule has 0 radical (unpaired) electrons. The van der Waals surface area contributed by atoms with Crippen LogP contribution in [-0.4, -0.2) is 29.0 Å². The lowest BCUT2D eigenvalue weighted by Gasteiger charge is -2.16. The fourth-order valence-corrected chi connectivity index (χ4v) is 1.68. The molecule has 1 N–H and O–H groups in total. The van der Waals surface area contributed by atoms with Gasteiger partial charge in [0.1, 0.15) is 5.76 Å². The summed E-state index contributed by atoms with van der Waals surface area (Å²) in [5.41, 5.74) is 1.08. The Morgan fingerprint density at radius 2 is 2.17 bits per heavy atom. The molecule has 2 heterocycles. The summed E-state index contributed by atoms with van der Waals surface area (Å²) in [6.45, 7) is 2.56. The summed E-state index contributed by atoms with van der Waals surface area (Å²) in [5.74, 6) is 1.84. The van der Waals surface area contributed by atoms with Crippen LogP contribution in [0.1, 0.15) is 11.3 Å². The van der Waals surface area contributed by atoms with Crippen LogP contribution in [0.5, 0.6) is 0 Å². The van der Waals surface area contributed by atoms with E-state index in [-0.39, 0.29) is 5.28 Å². The topological polar surface area (TPSA) is 67.1 Å². The van der Waals surface area contributed by atoms with Gasteiger partial charge < -0.3 is 14.6 Å². The van der Waals surface area contributed by atoms with E-state index in [4.69, 9.17) is 16.0 Å². The molecule has 0 aliphatic rings. The highest BCUT2D eigenvalue weighted by molar-refractivity contribution is 6.28. The fraction of sp³-hybridized carbons (Fsp3) is 0.364. The van der Waals surface area contributed by atoms with Crippen molar-refractivity contribution >= 4 is 23.5 Å². The number of furan rings is 1. The molecule has 6 nitrogen and oxygen atoms in total. The highest BCUT2D eigenvalue weighted by atomic mass is 35.5. The van der Waals surface area contributed by atoms with E-state index in [9.17, 15) is 0 Å². The van der Waals surface area contributed by atoms with E-state index in [0.717, 1.165) is 11.3 Å². The van der Waals surface area contributed by atoms with Crippen molar-refractivity contribution in [3.05, 3.63) is 28.9 Å². The van der Waals surface area contributed by atoms with Gasteiger partial charge in [-0.15, -0.1) is 0 Å². The van der Waals surface area contributed by atoms with Crippen molar-refractivity contribution in [3.8, 4) is 0 Å². The van der Waals surface area contributed by atoms with Crippen LogP contribution in [0.2, 0.25) is 5.28 Å². The van der Waals surface area contributed by atoms with Crippen molar-refractivity contribution in [1.29, 1.82) is 0 Å². The van der Waals surface area contributed by atoms with E-state index in [1.165, 1.54) is 0 Å². The number of aromatic nitrogens is 3. The Balaban J connectivity index is 2.20. The van der Waals surface area contributed by atoms with Gasteiger partial charge in [-0.25, -0.2) is 0 Å². The minimum Gasteiger partial charge on any atom is -0.469 e. The minimum absolute atomic E-state index is 0.167. The van der Waals surface area contributed by atoms with Crippen LogP contribution < -0.4 is 10.2 Å². The van der Waals surface area contributed by atoms with Gasteiger partial charge in [0.15, 0.2) is 0 Å². The van der Waals surface area contributed by atoms with Crippen molar-refractivity contribution < 1.29 is 4.42 Å². The first-order valence-corrected chi connectivity index (χ1v) is 5.81. The van der Waals surface area contributed by atoms with Gasteiger partial charge >= 0.3 is 0 Å². The van der Waals surface area contributed by atoms with E-state index in [0.29, 0.717) is 18.4 Å². The summed E-state index contributed by atoms with van der Waals surface area (Å²) in [7, 11) is 3.62. The maximum atomic E-state index is 5.84. The predicted octanol–water partition coefficient (Wildman–Crippen LogP) is 2.10. The summed E-state index contributed by atoms with van der Waals surface area (Å²) >= 11 is 5.84. The Morgan fingerprint density at radius 1 is 1.39 bits per heavy atom. The van der Waals surface area contributed by atoms with Gasteiger partial charge in [0.05, 0.1) is 6.26 Å². The highest BCUT2D eigenvalue weighted by Crippen LogP contribution is 2.17. The molecule has 0 aromatic carbocycles. The number of rotatable bonds is 4. The molecule has 0 aliphatic heterocycles. The second kappa shape index (κ2) is 5.22. The van der Waals surface area contributed by atoms with Crippen LogP contribution in [0, 0.1) is 6.92 Å². The molecule has 0 saturated heterocycles. The van der Waals surface area contributed by atoms with Crippen molar-refractivity contribution in [2.45, 2.75) is 13.5 Å². The first-order chi connectivity index (χ1) is 8.60. The summed E-state index contributed by atoms with van der Waals surface area (Å²) in [5, 5.41) is 3.01. The van der Waals surface area contributed by atoms with Crippen molar-refractivity contribution in [2.24, 2.45) is 0 Å². The van der Waals surface area contributed by atoms with Gasteiger partial charge in [-0.05, 0) is 24.6 Å². The third-order valence-electron chi connectivity index (χ3n) is 2.54. The SMILES string of the molecule is CNc1nc(Cl)nc(N(C)Cc2ccoc2C)n1. The largest absolute Gasteiger partial charge is 0.469 e. The van der Waals surface area contributed by atoms with Crippen LogP contribution in [0.3, 0.4) is 0 Å². The maximum Gasteiger partial charge on any atom is 0.231 e. The number of nitrogens with one attached hydrogen (secondary N) is 1. The second-order valence-electron chi connectivity index (χ2n) is 3.84. The Kier molecular flexibility index (Phi) is 3.66. The third-order valence-corrected chi connectivity index (χ3v) is 2.70. The van der Waals surface area contributed by atoms with Crippen LogP contribution >= 0.6 is 11.6 Å². The normalized spacial score (nSPS) is 10.4. The Morgan fingerprint density at radius 3 is 2.78 bits per heavy atom. The van der Waals surface area contributed by atoms with Crippen molar-refractivity contribution in [2.75, 3.05) is 24.3 Å². The summed E-state index contributed by atoms with van der Waals surface area (Å²) in [4.78, 5) is 14.1. The Bertz CT molecular complexity index is 542. The van der Waals surface area contributed by atoms with Crippen LogP contribution in [0.15, 0.2) is 16.7 Å². The lowest BCUT2D eigenvalue weighted by Crippen LogP contribution is -2.20. The Labute approximate surface area is 110 Å². The molecule has 0 bridgehead atoms.